The molecule has 2 aromatic rings. The number of unbranched alkanes of at least 4 members (excludes halogenated alkanes) is 4. The lowest BCUT2D eigenvalue weighted by molar-refractivity contribution is -0.134. The maximum Gasteiger partial charge on any atom is 0.311 e. The van der Waals surface area contributed by atoms with Gasteiger partial charge in [-0.2, -0.15) is 0 Å². The average molecular weight is 395 g/mol. The van der Waals surface area contributed by atoms with E-state index in [2.05, 4.69) is 38.1 Å². The summed E-state index contributed by atoms with van der Waals surface area (Å²) in [5.74, 6) is 2.19. The van der Waals surface area contributed by atoms with E-state index in [0.717, 1.165) is 24.1 Å². The quantitative estimate of drug-likeness (QED) is 0.231. The highest BCUT2D eigenvalue weighted by atomic mass is 16.5. The summed E-state index contributed by atoms with van der Waals surface area (Å²) >= 11 is 0. The molecule has 3 rings (SSSR count). The monoisotopic (exact) mass is 394 g/mol. The highest BCUT2D eigenvalue weighted by Gasteiger charge is 2.22. The Bertz CT molecular complexity index is 771. The number of fused-ring (bicyclic) bond motifs is 1. The van der Waals surface area contributed by atoms with Crippen molar-refractivity contribution in [2.75, 3.05) is 0 Å². The zero-order chi connectivity index (χ0) is 20.5. The molecule has 1 aliphatic rings. The molecule has 0 unspecified atom stereocenters. The van der Waals surface area contributed by atoms with Gasteiger partial charge in [0.05, 0.1) is 0 Å². The summed E-state index contributed by atoms with van der Waals surface area (Å²) in [6.07, 6.45) is 14.8. The Morgan fingerprint density at radius 1 is 0.862 bits per heavy atom. The average Bonchev–Trinajstić information content (AvgIpc) is 2.75. The van der Waals surface area contributed by atoms with Crippen LogP contribution in [0.4, 0.5) is 0 Å². The molecule has 1 fully saturated rings. The van der Waals surface area contributed by atoms with Crippen LogP contribution in [0.3, 0.4) is 0 Å². The van der Waals surface area contributed by atoms with E-state index in [4.69, 9.17) is 4.74 Å². The minimum Gasteiger partial charge on any atom is -0.427 e. The van der Waals surface area contributed by atoms with Crippen molar-refractivity contribution in [3.8, 4) is 5.75 Å². The van der Waals surface area contributed by atoms with Gasteiger partial charge in [-0.15, -0.1) is 0 Å². The molecule has 0 radical (unpaired) electrons. The van der Waals surface area contributed by atoms with Crippen molar-refractivity contribution >= 4 is 16.7 Å². The van der Waals surface area contributed by atoms with Crippen molar-refractivity contribution in [1.29, 1.82) is 0 Å². The Balaban J connectivity index is 1.55. The van der Waals surface area contributed by atoms with Crippen LogP contribution in [0.1, 0.15) is 102 Å². The minimum atomic E-state index is -0.130. The zero-order valence-electron chi connectivity index (χ0n) is 18.4. The van der Waals surface area contributed by atoms with Crippen molar-refractivity contribution in [3.63, 3.8) is 0 Å². The first kappa shape index (κ1) is 21.9. The first-order chi connectivity index (χ1) is 14.2. The summed E-state index contributed by atoms with van der Waals surface area (Å²) in [5.41, 5.74) is 1.48. The van der Waals surface area contributed by atoms with Crippen LogP contribution in [0.5, 0.6) is 5.75 Å². The van der Waals surface area contributed by atoms with E-state index in [0.29, 0.717) is 18.1 Å². The van der Waals surface area contributed by atoms with Gasteiger partial charge in [0.2, 0.25) is 0 Å². The van der Waals surface area contributed by atoms with E-state index in [-0.39, 0.29) is 5.97 Å². The fourth-order valence-electron chi connectivity index (χ4n) is 4.71. The van der Waals surface area contributed by atoms with E-state index in [1.54, 1.807) is 0 Å². The second-order valence-corrected chi connectivity index (χ2v) is 8.91. The molecule has 1 saturated carbocycles. The number of carbonyl (C=O) groups is 1. The minimum absolute atomic E-state index is 0.130. The lowest BCUT2D eigenvalue weighted by Gasteiger charge is -2.29. The van der Waals surface area contributed by atoms with Crippen LogP contribution >= 0.6 is 0 Å². The maximum atomic E-state index is 11.9. The molecule has 29 heavy (non-hydrogen) atoms. The topological polar surface area (TPSA) is 26.3 Å². The van der Waals surface area contributed by atoms with Crippen LogP contribution in [-0.4, -0.2) is 5.97 Å². The van der Waals surface area contributed by atoms with Gasteiger partial charge in [-0.05, 0) is 72.4 Å². The van der Waals surface area contributed by atoms with E-state index >= 15 is 0 Å². The standard InChI is InChI=1S/C27H38O2/c1-3-5-7-8-9-21-11-13-22(14-12-21)23-15-16-25-20-26(18-17-24(25)19-23)29-27(28)10-6-4-2/h15-22H,3-14H2,1-2H3/t21-,22-. The number of benzene rings is 2. The fraction of sp³-hybridized carbons (Fsp3) is 0.593. The first-order valence-electron chi connectivity index (χ1n) is 11.9. The largest absolute Gasteiger partial charge is 0.427 e. The van der Waals surface area contributed by atoms with E-state index in [1.165, 1.54) is 68.7 Å². The predicted molar refractivity (Wildman–Crippen MR) is 123 cm³/mol. The van der Waals surface area contributed by atoms with Crippen molar-refractivity contribution in [2.24, 2.45) is 5.92 Å². The van der Waals surface area contributed by atoms with Crippen LogP contribution in [0.15, 0.2) is 36.4 Å². The Labute approximate surface area is 177 Å². The SMILES string of the molecule is CCCCCC[C@H]1CC[C@H](c2ccc3cc(OC(=O)CCCC)ccc3c2)CC1. The highest BCUT2D eigenvalue weighted by Crippen LogP contribution is 2.38. The zero-order valence-corrected chi connectivity index (χ0v) is 18.4. The van der Waals surface area contributed by atoms with Gasteiger partial charge in [0.1, 0.15) is 5.75 Å². The fourth-order valence-corrected chi connectivity index (χ4v) is 4.71. The molecular formula is C27H38O2. The Kier molecular flexibility index (Phi) is 8.58. The first-order valence-corrected chi connectivity index (χ1v) is 11.9. The summed E-state index contributed by atoms with van der Waals surface area (Å²) in [4.78, 5) is 11.9. The van der Waals surface area contributed by atoms with Gasteiger partial charge in [0.25, 0.3) is 0 Å². The molecule has 0 aromatic heterocycles. The number of hydrogen-bond donors (Lipinski definition) is 0. The summed E-state index contributed by atoms with van der Waals surface area (Å²) in [5, 5.41) is 2.40. The van der Waals surface area contributed by atoms with Gasteiger partial charge >= 0.3 is 5.97 Å². The molecule has 2 nitrogen and oxygen atoms in total. The lowest BCUT2D eigenvalue weighted by atomic mass is 9.77. The predicted octanol–water partition coefficient (Wildman–Crippen LogP) is 8.18. The van der Waals surface area contributed by atoms with Crippen molar-refractivity contribution in [1.82, 2.24) is 0 Å². The number of rotatable bonds is 10. The molecule has 0 N–H and O–H groups in total. The van der Waals surface area contributed by atoms with Crippen molar-refractivity contribution in [3.05, 3.63) is 42.0 Å². The van der Waals surface area contributed by atoms with E-state index in [9.17, 15) is 4.79 Å². The molecular weight excluding hydrogens is 356 g/mol. The third-order valence-corrected chi connectivity index (χ3v) is 6.59. The molecule has 0 spiro atoms. The summed E-state index contributed by atoms with van der Waals surface area (Å²) in [6, 6.07) is 12.9. The maximum absolute atomic E-state index is 11.9. The van der Waals surface area contributed by atoms with Crippen LogP contribution in [-0.2, 0) is 4.79 Å². The third kappa shape index (κ3) is 6.59. The van der Waals surface area contributed by atoms with Gasteiger partial charge in [-0.3, -0.25) is 4.79 Å². The summed E-state index contributed by atoms with van der Waals surface area (Å²) in [6.45, 7) is 4.37. The third-order valence-electron chi connectivity index (χ3n) is 6.59. The lowest BCUT2D eigenvalue weighted by Crippen LogP contribution is -2.13. The van der Waals surface area contributed by atoms with Crippen molar-refractivity contribution in [2.45, 2.75) is 96.8 Å². The Hall–Kier alpha value is -1.83. The van der Waals surface area contributed by atoms with E-state index in [1.807, 2.05) is 12.1 Å². The van der Waals surface area contributed by atoms with Gasteiger partial charge < -0.3 is 4.74 Å². The number of ether oxygens (including phenoxy) is 1. The van der Waals surface area contributed by atoms with Crippen LogP contribution in [0.25, 0.3) is 10.8 Å². The van der Waals surface area contributed by atoms with Crippen LogP contribution in [0.2, 0.25) is 0 Å². The molecule has 1 aliphatic carbocycles. The summed E-state index contributed by atoms with van der Waals surface area (Å²) in [7, 11) is 0. The van der Waals surface area contributed by atoms with Gasteiger partial charge in [0.15, 0.2) is 0 Å². The molecule has 0 atom stereocenters. The highest BCUT2D eigenvalue weighted by molar-refractivity contribution is 5.85. The normalized spacial score (nSPS) is 19.4. The van der Waals surface area contributed by atoms with Gasteiger partial charge in [-0.25, -0.2) is 0 Å². The van der Waals surface area contributed by atoms with Gasteiger partial charge in [-0.1, -0.05) is 76.6 Å². The molecule has 0 aliphatic heterocycles. The second kappa shape index (κ2) is 11.4. The molecule has 2 heteroatoms. The molecule has 0 amide bonds. The summed E-state index contributed by atoms with van der Waals surface area (Å²) < 4.78 is 5.49. The van der Waals surface area contributed by atoms with Crippen molar-refractivity contribution < 1.29 is 9.53 Å². The Morgan fingerprint density at radius 2 is 1.59 bits per heavy atom. The molecule has 0 heterocycles. The number of hydrogen-bond acceptors (Lipinski definition) is 2. The molecule has 0 bridgehead atoms. The molecule has 0 saturated heterocycles. The molecule has 2 aromatic carbocycles. The van der Waals surface area contributed by atoms with Crippen LogP contribution < -0.4 is 4.74 Å². The number of carbonyl (C=O) groups excluding carboxylic acids is 1. The smallest absolute Gasteiger partial charge is 0.311 e. The number of esters is 1. The van der Waals surface area contributed by atoms with E-state index < -0.39 is 0 Å². The Morgan fingerprint density at radius 3 is 2.34 bits per heavy atom. The van der Waals surface area contributed by atoms with Gasteiger partial charge in [0, 0.05) is 6.42 Å². The molecule has 158 valence electrons. The second-order valence-electron chi connectivity index (χ2n) is 8.91. The van der Waals surface area contributed by atoms with Crippen LogP contribution in [0, 0.1) is 5.92 Å².